The van der Waals surface area contributed by atoms with Gasteiger partial charge in [0, 0.05) is 5.69 Å². The molecular weight excluding hydrogens is 468 g/mol. The number of ether oxygens (including phenoxy) is 2. The normalized spacial score (nSPS) is 11.3. The Labute approximate surface area is 204 Å². The molecule has 0 heterocycles. The van der Waals surface area contributed by atoms with Gasteiger partial charge in [-0.25, -0.2) is 0 Å². The molecule has 0 unspecified atom stereocenters. The maximum Gasteiger partial charge on any atom is 0.339 e. The molecule has 1 amide bonds. The molecule has 0 spiro atoms. The monoisotopic (exact) mass is 492 g/mol. The minimum atomic E-state index is -4.08. The van der Waals surface area contributed by atoms with Gasteiger partial charge in [-0.3, -0.25) is 4.79 Å². The summed E-state index contributed by atoms with van der Waals surface area (Å²) in [5, 5.41) is 12.2. The fourth-order valence-electron chi connectivity index (χ4n) is 3.03. The second kappa shape index (κ2) is 11.2. The number of rotatable bonds is 9. The molecule has 0 aliphatic heterocycles. The van der Waals surface area contributed by atoms with Crippen LogP contribution in [0.15, 0.2) is 77.2 Å². The highest BCUT2D eigenvalue weighted by Gasteiger charge is 2.19. The minimum absolute atomic E-state index is 0.00634. The maximum absolute atomic E-state index is 12.6. The van der Waals surface area contributed by atoms with Gasteiger partial charge in [0.25, 0.3) is 5.91 Å². The highest BCUT2D eigenvalue weighted by Crippen LogP contribution is 2.31. The smallest absolute Gasteiger partial charge is 0.339 e. The average Bonchev–Trinajstić information content (AvgIpc) is 2.84. The molecule has 3 aromatic carbocycles. The Hall–Kier alpha value is -4.29. The zero-order chi connectivity index (χ0) is 25.4. The number of hydrogen-bond acceptors (Lipinski definition) is 7. The molecule has 0 saturated heterocycles. The number of anilines is 1. The first-order chi connectivity index (χ1) is 16.7. The van der Waals surface area contributed by atoms with Crippen LogP contribution in [0.5, 0.6) is 17.2 Å². The van der Waals surface area contributed by atoms with Gasteiger partial charge in [0.1, 0.15) is 22.3 Å². The van der Waals surface area contributed by atoms with Gasteiger partial charge in [0.05, 0.1) is 13.7 Å². The second-order valence-corrected chi connectivity index (χ2v) is 8.89. The molecule has 1 N–H and O–H groups in total. The summed E-state index contributed by atoms with van der Waals surface area (Å²) in [6.45, 7) is 4.24. The van der Waals surface area contributed by atoms with E-state index in [4.69, 9.17) is 13.7 Å². The number of nitrogens with one attached hydrogen (secondary N) is 1. The summed E-state index contributed by atoms with van der Waals surface area (Å²) in [5.41, 5.74) is 1.71. The fourth-order valence-corrected chi connectivity index (χ4v) is 3.97. The molecule has 180 valence electrons. The number of carbonyl (C=O) groups is 1. The Kier molecular flexibility index (Phi) is 8.12. The van der Waals surface area contributed by atoms with Crippen molar-refractivity contribution in [3.8, 4) is 23.3 Å². The molecule has 0 saturated carbocycles. The van der Waals surface area contributed by atoms with Crippen LogP contribution in [0.3, 0.4) is 0 Å². The van der Waals surface area contributed by atoms with Crippen molar-refractivity contribution in [2.75, 3.05) is 19.0 Å². The molecule has 3 aromatic rings. The van der Waals surface area contributed by atoms with Crippen molar-refractivity contribution in [3.63, 3.8) is 0 Å². The predicted molar refractivity (Wildman–Crippen MR) is 132 cm³/mol. The Morgan fingerprint density at radius 2 is 1.71 bits per heavy atom. The Morgan fingerprint density at radius 1 is 1.03 bits per heavy atom. The van der Waals surface area contributed by atoms with Crippen LogP contribution in [0, 0.1) is 18.3 Å². The van der Waals surface area contributed by atoms with E-state index in [-0.39, 0.29) is 22.0 Å². The van der Waals surface area contributed by atoms with E-state index in [0.717, 1.165) is 5.56 Å². The summed E-state index contributed by atoms with van der Waals surface area (Å²) < 4.78 is 41.1. The second-order valence-electron chi connectivity index (χ2n) is 7.34. The topological polar surface area (TPSA) is 115 Å². The molecule has 0 aromatic heterocycles. The minimum Gasteiger partial charge on any atom is -0.494 e. The molecule has 0 bridgehead atoms. The highest BCUT2D eigenvalue weighted by atomic mass is 32.2. The standard InChI is InChI=1S/C26H24N2O6S/c1-4-33-22-10-8-21(9-11-22)28-26(29)20(17-27)15-19-7-14-24(25(16-19)32-3)34-35(30,31)23-12-5-18(2)6-13-23/h5-16H,4H2,1-3H3,(H,28,29)/b20-15+. The van der Waals surface area contributed by atoms with Crippen LogP contribution < -0.4 is 19.0 Å². The lowest BCUT2D eigenvalue weighted by Crippen LogP contribution is -2.13. The summed E-state index contributed by atoms with van der Waals surface area (Å²) in [4.78, 5) is 12.6. The third-order valence-electron chi connectivity index (χ3n) is 4.80. The van der Waals surface area contributed by atoms with E-state index < -0.39 is 16.0 Å². The van der Waals surface area contributed by atoms with Gasteiger partial charge in [0.15, 0.2) is 11.5 Å². The maximum atomic E-state index is 12.6. The number of amides is 1. The van der Waals surface area contributed by atoms with Gasteiger partial charge in [0.2, 0.25) is 0 Å². The highest BCUT2D eigenvalue weighted by molar-refractivity contribution is 7.87. The first-order valence-electron chi connectivity index (χ1n) is 10.6. The van der Waals surface area contributed by atoms with Crippen LogP contribution in [-0.4, -0.2) is 28.0 Å². The van der Waals surface area contributed by atoms with Crippen molar-refractivity contribution >= 4 is 27.8 Å². The third-order valence-corrected chi connectivity index (χ3v) is 6.04. The SMILES string of the molecule is CCOc1ccc(NC(=O)/C(C#N)=C/c2ccc(OS(=O)(=O)c3ccc(C)cc3)c(OC)c2)cc1. The van der Waals surface area contributed by atoms with Crippen LogP contribution >= 0.6 is 0 Å². The third kappa shape index (κ3) is 6.62. The number of methoxy groups -OCH3 is 1. The lowest BCUT2D eigenvalue weighted by Gasteiger charge is -2.12. The van der Waals surface area contributed by atoms with E-state index in [2.05, 4.69) is 5.32 Å². The van der Waals surface area contributed by atoms with Crippen molar-refractivity contribution in [2.45, 2.75) is 18.7 Å². The van der Waals surface area contributed by atoms with Crippen LogP contribution in [0.25, 0.3) is 6.08 Å². The number of hydrogen-bond donors (Lipinski definition) is 1. The Balaban J connectivity index is 1.79. The van der Waals surface area contributed by atoms with E-state index >= 15 is 0 Å². The summed E-state index contributed by atoms with van der Waals surface area (Å²) in [6.07, 6.45) is 1.37. The van der Waals surface area contributed by atoms with Crippen molar-refractivity contribution in [1.29, 1.82) is 5.26 Å². The molecule has 3 rings (SSSR count). The van der Waals surface area contributed by atoms with E-state index in [1.54, 1.807) is 36.4 Å². The van der Waals surface area contributed by atoms with Gasteiger partial charge in [-0.05, 0) is 74.0 Å². The summed E-state index contributed by atoms with van der Waals surface area (Å²) >= 11 is 0. The van der Waals surface area contributed by atoms with Crippen molar-refractivity contribution in [1.82, 2.24) is 0 Å². The number of benzene rings is 3. The number of nitriles is 1. The molecule has 0 atom stereocenters. The lowest BCUT2D eigenvalue weighted by molar-refractivity contribution is -0.112. The Bertz CT molecular complexity index is 1370. The Morgan fingerprint density at radius 3 is 2.31 bits per heavy atom. The van der Waals surface area contributed by atoms with Crippen LogP contribution in [0.4, 0.5) is 5.69 Å². The average molecular weight is 493 g/mol. The summed E-state index contributed by atoms with van der Waals surface area (Å²) in [6, 6.07) is 19.3. The molecule has 0 radical (unpaired) electrons. The molecule has 35 heavy (non-hydrogen) atoms. The van der Waals surface area contributed by atoms with Crippen LogP contribution in [-0.2, 0) is 14.9 Å². The summed E-state index contributed by atoms with van der Waals surface area (Å²) in [5.74, 6) is 0.166. The molecule has 8 nitrogen and oxygen atoms in total. The largest absolute Gasteiger partial charge is 0.494 e. The summed E-state index contributed by atoms with van der Waals surface area (Å²) in [7, 11) is -2.72. The number of carbonyl (C=O) groups excluding carboxylic acids is 1. The van der Waals surface area contributed by atoms with Crippen molar-refractivity contribution in [3.05, 3.63) is 83.4 Å². The van der Waals surface area contributed by atoms with E-state index in [9.17, 15) is 18.5 Å². The number of aryl methyl sites for hydroxylation is 1. The quantitative estimate of drug-likeness (QED) is 0.261. The van der Waals surface area contributed by atoms with E-state index in [0.29, 0.717) is 23.6 Å². The molecule has 0 aliphatic rings. The van der Waals surface area contributed by atoms with Gasteiger partial charge in [-0.15, -0.1) is 0 Å². The first-order valence-corrected chi connectivity index (χ1v) is 12.0. The van der Waals surface area contributed by atoms with Gasteiger partial charge in [-0.2, -0.15) is 13.7 Å². The molecule has 9 heteroatoms. The van der Waals surface area contributed by atoms with Gasteiger partial charge >= 0.3 is 10.1 Å². The van der Waals surface area contributed by atoms with Gasteiger partial charge < -0.3 is 19.0 Å². The fraction of sp³-hybridized carbons (Fsp3) is 0.154. The molecule has 0 aliphatic carbocycles. The zero-order valence-electron chi connectivity index (χ0n) is 19.4. The van der Waals surface area contributed by atoms with E-state index in [1.807, 2.05) is 19.9 Å². The lowest BCUT2D eigenvalue weighted by atomic mass is 10.1. The van der Waals surface area contributed by atoms with Crippen molar-refractivity contribution in [2.24, 2.45) is 0 Å². The zero-order valence-corrected chi connectivity index (χ0v) is 20.3. The van der Waals surface area contributed by atoms with E-state index in [1.165, 1.54) is 43.5 Å². The molecular formula is C26H24N2O6S. The number of nitrogens with zero attached hydrogens (tertiary/aromatic N) is 1. The van der Waals surface area contributed by atoms with Crippen LogP contribution in [0.2, 0.25) is 0 Å². The molecule has 0 fully saturated rings. The van der Waals surface area contributed by atoms with Crippen LogP contribution in [0.1, 0.15) is 18.1 Å². The first kappa shape index (κ1) is 25.3. The van der Waals surface area contributed by atoms with Crippen molar-refractivity contribution < 1.29 is 26.9 Å². The van der Waals surface area contributed by atoms with Gasteiger partial charge in [-0.1, -0.05) is 23.8 Å². The predicted octanol–water partition coefficient (Wildman–Crippen LogP) is 4.72.